The van der Waals surface area contributed by atoms with Crippen molar-refractivity contribution in [2.24, 2.45) is 0 Å². The van der Waals surface area contributed by atoms with Crippen LogP contribution in [0.2, 0.25) is 0 Å². The van der Waals surface area contributed by atoms with Gasteiger partial charge in [0.2, 0.25) is 0 Å². The molecular weight excluding hydrogens is 281 g/mol. The third kappa shape index (κ3) is 2.49. The maximum atomic E-state index is 13.9. The number of fused-ring (bicyclic) bond motifs is 1. The molecule has 1 aromatic heterocycles. The fraction of sp³-hybridized carbons (Fsp3) is 0.357. The highest BCUT2D eigenvalue weighted by atomic mass is 19.3. The second-order valence-corrected chi connectivity index (χ2v) is 5.40. The summed E-state index contributed by atoms with van der Waals surface area (Å²) in [5, 5.41) is 3.18. The van der Waals surface area contributed by atoms with E-state index in [-0.39, 0.29) is 18.8 Å². The summed E-state index contributed by atoms with van der Waals surface area (Å²) >= 11 is 0. The molecule has 2 heterocycles. The topological polar surface area (TPSA) is 54.2 Å². The summed E-state index contributed by atoms with van der Waals surface area (Å²) < 4.78 is 41.3. The number of nitrogens with zero attached hydrogens (tertiary/aromatic N) is 2. The van der Waals surface area contributed by atoms with E-state index in [2.05, 4.69) is 10.3 Å². The Hall–Kier alpha value is -2.02. The molecular formula is C14H15F3N4. The van der Waals surface area contributed by atoms with Crippen LogP contribution in [-0.4, -0.2) is 42.0 Å². The predicted octanol–water partition coefficient (Wildman–Crippen LogP) is 2.32. The van der Waals surface area contributed by atoms with Gasteiger partial charge in [-0.1, -0.05) is 0 Å². The van der Waals surface area contributed by atoms with Gasteiger partial charge in [0, 0.05) is 11.9 Å². The number of nitrogens with one attached hydrogen (secondary N) is 1. The van der Waals surface area contributed by atoms with Crippen LogP contribution >= 0.6 is 0 Å². The van der Waals surface area contributed by atoms with Crippen molar-refractivity contribution >= 4 is 22.3 Å². The van der Waals surface area contributed by atoms with Crippen LogP contribution < -0.4 is 11.1 Å². The second-order valence-electron chi connectivity index (χ2n) is 5.40. The van der Waals surface area contributed by atoms with Crippen molar-refractivity contribution in [3.8, 4) is 0 Å². The lowest BCUT2D eigenvalue weighted by molar-refractivity contribution is 0.00610. The number of likely N-dealkylation sites (N-methyl/N-ethyl adjacent to an activating group) is 1. The second kappa shape index (κ2) is 4.77. The van der Waals surface area contributed by atoms with Gasteiger partial charge in [-0.25, -0.2) is 13.2 Å². The Kier molecular flexibility index (Phi) is 3.16. The van der Waals surface area contributed by atoms with Gasteiger partial charge >= 0.3 is 0 Å². The fourth-order valence-corrected chi connectivity index (χ4v) is 2.65. The van der Waals surface area contributed by atoms with E-state index in [4.69, 9.17) is 5.73 Å². The van der Waals surface area contributed by atoms with Crippen LogP contribution in [0, 0.1) is 5.82 Å². The quantitative estimate of drug-likeness (QED) is 0.893. The van der Waals surface area contributed by atoms with E-state index in [1.54, 1.807) is 7.05 Å². The van der Waals surface area contributed by atoms with E-state index >= 15 is 0 Å². The molecule has 0 saturated carbocycles. The summed E-state index contributed by atoms with van der Waals surface area (Å²) in [6.07, 6.45) is 1.39. The van der Waals surface area contributed by atoms with Crippen molar-refractivity contribution in [3.63, 3.8) is 0 Å². The monoisotopic (exact) mass is 296 g/mol. The average molecular weight is 296 g/mol. The average Bonchev–Trinajstić information content (AvgIpc) is 2.65. The normalized spacial score (nSPS) is 21.8. The highest BCUT2D eigenvalue weighted by Crippen LogP contribution is 2.34. The first-order chi connectivity index (χ1) is 9.87. The highest BCUT2D eigenvalue weighted by molar-refractivity contribution is 5.97. The van der Waals surface area contributed by atoms with Crippen LogP contribution in [0.15, 0.2) is 24.4 Å². The highest BCUT2D eigenvalue weighted by Gasteiger charge is 2.47. The number of pyridine rings is 1. The molecule has 2 aromatic rings. The minimum Gasteiger partial charge on any atom is -0.396 e. The summed E-state index contributed by atoms with van der Waals surface area (Å²) in [7, 11) is 1.63. The van der Waals surface area contributed by atoms with Gasteiger partial charge in [-0.05, 0) is 25.2 Å². The number of nitrogen functional groups attached to an aromatic ring is 1. The van der Waals surface area contributed by atoms with E-state index in [0.29, 0.717) is 16.6 Å². The summed E-state index contributed by atoms with van der Waals surface area (Å²) in [5.74, 6) is -3.34. The molecule has 1 aliphatic rings. The number of hydrogen-bond acceptors (Lipinski definition) is 4. The molecule has 3 rings (SSSR count). The molecule has 4 nitrogen and oxygen atoms in total. The third-order valence-electron chi connectivity index (χ3n) is 3.66. The molecule has 1 aromatic carbocycles. The van der Waals surface area contributed by atoms with Crippen molar-refractivity contribution in [1.29, 1.82) is 0 Å². The van der Waals surface area contributed by atoms with Gasteiger partial charge < -0.3 is 11.1 Å². The van der Waals surface area contributed by atoms with Gasteiger partial charge in [-0.2, -0.15) is 0 Å². The Morgan fingerprint density at radius 2 is 2.19 bits per heavy atom. The van der Waals surface area contributed by atoms with Gasteiger partial charge in [0.15, 0.2) is 0 Å². The Bertz CT molecular complexity index is 684. The van der Waals surface area contributed by atoms with Crippen LogP contribution in [-0.2, 0) is 0 Å². The molecule has 0 bridgehead atoms. The number of nitrogens with two attached hydrogens (primary N) is 1. The van der Waals surface area contributed by atoms with Crippen molar-refractivity contribution in [2.45, 2.75) is 12.0 Å². The van der Waals surface area contributed by atoms with Crippen molar-refractivity contribution < 1.29 is 13.2 Å². The predicted molar refractivity (Wildman–Crippen MR) is 76.0 cm³/mol. The molecule has 1 fully saturated rings. The summed E-state index contributed by atoms with van der Waals surface area (Å²) in [5.41, 5.74) is 6.86. The number of aromatic nitrogens is 1. The molecule has 1 unspecified atom stereocenters. The number of halogens is 3. The maximum Gasteiger partial charge on any atom is 0.281 e. The van der Waals surface area contributed by atoms with Gasteiger partial charge in [-0.15, -0.1) is 0 Å². The molecule has 0 radical (unpaired) electrons. The van der Waals surface area contributed by atoms with Gasteiger partial charge in [0.25, 0.3) is 5.92 Å². The number of benzene rings is 1. The molecule has 1 atom stereocenters. The smallest absolute Gasteiger partial charge is 0.281 e. The zero-order valence-corrected chi connectivity index (χ0v) is 11.4. The van der Waals surface area contributed by atoms with E-state index in [1.807, 2.05) is 0 Å². The molecule has 0 spiro atoms. The van der Waals surface area contributed by atoms with Crippen LogP contribution in [0.4, 0.5) is 24.5 Å². The molecule has 0 amide bonds. The van der Waals surface area contributed by atoms with E-state index in [1.165, 1.54) is 29.3 Å². The standard InChI is InChI=1S/C14H15F3N4/c1-21-6-12(14(16,17)7-21)20-13-9-4-8(15)2-3-11(9)19-5-10(13)18/h2-5,12H,6-7,18H2,1H3,(H,19,20). The lowest BCUT2D eigenvalue weighted by Gasteiger charge is -2.22. The lowest BCUT2D eigenvalue weighted by Crippen LogP contribution is -2.38. The SMILES string of the molecule is CN1CC(Nc2c(N)cnc3ccc(F)cc23)C(F)(F)C1. The number of anilines is 2. The number of rotatable bonds is 2. The molecule has 1 saturated heterocycles. The molecule has 7 heteroatoms. The van der Waals surface area contributed by atoms with Crippen LogP contribution in [0.5, 0.6) is 0 Å². The third-order valence-corrected chi connectivity index (χ3v) is 3.66. The Balaban J connectivity index is 2.04. The van der Waals surface area contributed by atoms with E-state index < -0.39 is 17.8 Å². The molecule has 112 valence electrons. The fourth-order valence-electron chi connectivity index (χ4n) is 2.65. The Morgan fingerprint density at radius 3 is 2.86 bits per heavy atom. The molecule has 1 aliphatic heterocycles. The van der Waals surface area contributed by atoms with Gasteiger partial charge in [-0.3, -0.25) is 9.88 Å². The van der Waals surface area contributed by atoms with Crippen molar-refractivity contribution in [2.75, 3.05) is 31.2 Å². The van der Waals surface area contributed by atoms with Crippen LogP contribution in [0.3, 0.4) is 0 Å². The maximum absolute atomic E-state index is 13.9. The summed E-state index contributed by atoms with van der Waals surface area (Å²) in [6.45, 7) is -0.131. The molecule has 0 aliphatic carbocycles. The lowest BCUT2D eigenvalue weighted by atomic mass is 10.1. The van der Waals surface area contributed by atoms with E-state index in [9.17, 15) is 13.2 Å². The van der Waals surface area contributed by atoms with Crippen molar-refractivity contribution in [1.82, 2.24) is 9.88 Å². The van der Waals surface area contributed by atoms with Crippen LogP contribution in [0.1, 0.15) is 0 Å². The minimum absolute atomic E-state index is 0.186. The van der Waals surface area contributed by atoms with Crippen LogP contribution in [0.25, 0.3) is 10.9 Å². The van der Waals surface area contributed by atoms with Crippen molar-refractivity contribution in [3.05, 3.63) is 30.2 Å². The number of likely N-dealkylation sites (tertiary alicyclic amines) is 1. The first-order valence-electron chi connectivity index (χ1n) is 6.53. The van der Waals surface area contributed by atoms with Gasteiger partial charge in [0.05, 0.1) is 29.6 Å². The zero-order valence-electron chi connectivity index (χ0n) is 11.4. The largest absolute Gasteiger partial charge is 0.396 e. The first kappa shape index (κ1) is 13.9. The minimum atomic E-state index is -2.87. The molecule has 21 heavy (non-hydrogen) atoms. The number of hydrogen-bond donors (Lipinski definition) is 2. The first-order valence-corrected chi connectivity index (χ1v) is 6.53. The zero-order chi connectivity index (χ0) is 15.2. The number of alkyl halides is 2. The van der Waals surface area contributed by atoms with E-state index in [0.717, 1.165) is 0 Å². The Morgan fingerprint density at radius 1 is 1.43 bits per heavy atom. The summed E-state index contributed by atoms with van der Waals surface area (Å²) in [6, 6.07) is 2.94. The molecule has 3 N–H and O–H groups in total. The van der Waals surface area contributed by atoms with Gasteiger partial charge in [0.1, 0.15) is 11.9 Å². The Labute approximate surface area is 119 Å². The summed E-state index contributed by atoms with van der Waals surface area (Å²) in [4.78, 5) is 5.62.